The fourth-order valence-electron chi connectivity index (χ4n) is 3.20. The molecule has 0 saturated carbocycles. The van der Waals surface area contributed by atoms with E-state index in [1.165, 1.54) is 0 Å². The van der Waals surface area contributed by atoms with Crippen molar-refractivity contribution < 1.29 is 38.0 Å². The zero-order chi connectivity index (χ0) is 16.9. The quantitative estimate of drug-likeness (QED) is 0.316. The van der Waals surface area contributed by atoms with Gasteiger partial charge in [-0.3, -0.25) is 0 Å². The number of hydrogen-bond acceptors (Lipinski definition) is 7. The molecule has 0 N–H and O–H groups in total. The van der Waals surface area contributed by atoms with Crippen LogP contribution in [0.2, 0.25) is 0 Å². The van der Waals surface area contributed by atoms with E-state index in [1.54, 1.807) is 13.8 Å². The molecule has 3 rings (SSSR count). The third kappa shape index (κ3) is 3.03. The summed E-state index contributed by atoms with van der Waals surface area (Å²) in [5.41, 5.74) is 8.37. The fourth-order valence-corrected chi connectivity index (χ4v) is 3.20. The van der Waals surface area contributed by atoms with E-state index in [-0.39, 0.29) is 19.3 Å². The Morgan fingerprint density at radius 2 is 2.00 bits per heavy atom. The van der Waals surface area contributed by atoms with Crippen molar-refractivity contribution in [2.24, 2.45) is 0 Å². The van der Waals surface area contributed by atoms with E-state index in [9.17, 15) is 4.79 Å². The van der Waals surface area contributed by atoms with Gasteiger partial charge < -0.3 is 34.0 Å². The van der Waals surface area contributed by atoms with Gasteiger partial charge in [-0.15, -0.1) is 0 Å². The van der Waals surface area contributed by atoms with Crippen LogP contribution in [-0.2, 0) is 33.2 Å². The van der Waals surface area contributed by atoms with Crippen molar-refractivity contribution in [2.45, 2.75) is 63.4 Å². The minimum absolute atomic E-state index is 0.218. The van der Waals surface area contributed by atoms with Gasteiger partial charge in [0.15, 0.2) is 11.6 Å². The summed E-state index contributed by atoms with van der Waals surface area (Å²) in [6, 6.07) is 0. The van der Waals surface area contributed by atoms with E-state index in [2.05, 4.69) is 4.79 Å². The molecule has 9 nitrogen and oxygen atoms in total. The molecule has 3 fully saturated rings. The minimum Gasteiger partial charge on any atom is -0.451 e. The van der Waals surface area contributed by atoms with Crippen LogP contribution in [0.4, 0.5) is 0 Å². The summed E-state index contributed by atoms with van der Waals surface area (Å²) in [4.78, 5) is 14.0. The van der Waals surface area contributed by atoms with Crippen LogP contribution in [0.1, 0.15) is 27.7 Å². The maximum atomic E-state index is 11.4. The van der Waals surface area contributed by atoms with Crippen LogP contribution in [0, 0.1) is 0 Å². The predicted molar refractivity (Wildman–Crippen MR) is 73.2 cm³/mol. The van der Waals surface area contributed by atoms with Crippen LogP contribution < -0.4 is 0 Å². The molecule has 0 aromatic rings. The largest absolute Gasteiger partial charge is 0.451 e. The molecule has 0 aliphatic carbocycles. The first kappa shape index (κ1) is 16.5. The SMILES string of the molecule is CC1(C)O[C@@H]2[C@@H](CO[C@@]3(COC(=O)C=[N+]=[N-])OC(C)(C)O[C@@H]23)O1. The first-order valence-corrected chi connectivity index (χ1v) is 7.38. The minimum atomic E-state index is -1.30. The van der Waals surface area contributed by atoms with Crippen LogP contribution in [0.15, 0.2) is 0 Å². The number of carbonyl (C=O) groups excluding carboxylic acids is 1. The molecule has 128 valence electrons. The van der Waals surface area contributed by atoms with Gasteiger partial charge in [0, 0.05) is 0 Å². The molecule has 9 heteroatoms. The fraction of sp³-hybridized carbons (Fsp3) is 0.857. The van der Waals surface area contributed by atoms with Gasteiger partial charge >= 0.3 is 12.2 Å². The van der Waals surface area contributed by atoms with Gasteiger partial charge in [0.25, 0.3) is 0 Å². The lowest BCUT2D eigenvalue weighted by atomic mass is 9.97. The second-order valence-corrected chi connectivity index (χ2v) is 6.65. The summed E-state index contributed by atoms with van der Waals surface area (Å²) < 4.78 is 34.4. The molecule has 0 bridgehead atoms. The van der Waals surface area contributed by atoms with Gasteiger partial charge in [-0.25, -0.2) is 4.79 Å². The highest BCUT2D eigenvalue weighted by Crippen LogP contribution is 2.47. The third-order valence-corrected chi connectivity index (χ3v) is 3.85. The summed E-state index contributed by atoms with van der Waals surface area (Å²) in [7, 11) is 0. The van der Waals surface area contributed by atoms with Crippen molar-refractivity contribution in [3.05, 3.63) is 5.53 Å². The zero-order valence-electron chi connectivity index (χ0n) is 13.5. The van der Waals surface area contributed by atoms with Crippen molar-refractivity contribution in [1.82, 2.24) is 0 Å². The topological polar surface area (TPSA) is 109 Å². The molecular formula is C14H20N2O7. The standard InChI is InChI=1S/C14H20N2O7/c1-12(2)20-8-6-19-14(7-18-9(17)5-16-15)11(10(8)21-12)22-13(3,4)23-14/h5,8,10-11H,6-7H2,1-4H3/t8-,10-,11+,14+/m1/s1. The van der Waals surface area contributed by atoms with E-state index in [1.807, 2.05) is 13.8 Å². The number of rotatable bonds is 3. The second-order valence-electron chi connectivity index (χ2n) is 6.65. The lowest BCUT2D eigenvalue weighted by Gasteiger charge is -2.39. The lowest BCUT2D eigenvalue weighted by Crippen LogP contribution is -2.60. The Morgan fingerprint density at radius 3 is 2.70 bits per heavy atom. The Hall–Kier alpha value is -1.35. The van der Waals surface area contributed by atoms with Crippen LogP contribution in [0.25, 0.3) is 5.53 Å². The Bertz CT molecular complexity index is 557. The maximum Gasteiger partial charge on any atom is 0.413 e. The highest BCUT2D eigenvalue weighted by atomic mass is 16.9. The Balaban J connectivity index is 1.82. The molecule has 0 spiro atoms. The number of carbonyl (C=O) groups is 1. The van der Waals surface area contributed by atoms with Crippen molar-refractivity contribution in [3.63, 3.8) is 0 Å². The predicted octanol–water partition coefficient (Wildman–Crippen LogP) is 0.228. The number of esters is 1. The number of hydrogen-bond donors (Lipinski definition) is 0. The molecule has 0 radical (unpaired) electrons. The van der Waals surface area contributed by atoms with Crippen molar-refractivity contribution in [2.75, 3.05) is 13.2 Å². The van der Waals surface area contributed by atoms with Crippen molar-refractivity contribution in [3.8, 4) is 0 Å². The van der Waals surface area contributed by atoms with Crippen molar-refractivity contribution in [1.29, 1.82) is 0 Å². The average molecular weight is 328 g/mol. The molecule has 0 unspecified atom stereocenters. The summed E-state index contributed by atoms with van der Waals surface area (Å²) in [6.07, 6.45) is -0.686. The van der Waals surface area contributed by atoms with Gasteiger partial charge in [-0.1, -0.05) is 0 Å². The molecule has 3 heterocycles. The van der Waals surface area contributed by atoms with Crippen LogP contribution >= 0.6 is 0 Å². The molecule has 0 amide bonds. The monoisotopic (exact) mass is 328 g/mol. The highest BCUT2D eigenvalue weighted by Gasteiger charge is 2.65. The molecule has 4 atom stereocenters. The molecular weight excluding hydrogens is 308 g/mol. The molecule has 3 saturated heterocycles. The van der Waals surface area contributed by atoms with Gasteiger partial charge in [0.2, 0.25) is 5.79 Å². The summed E-state index contributed by atoms with van der Waals surface area (Å²) in [6.45, 7) is 7.10. The van der Waals surface area contributed by atoms with Crippen LogP contribution in [0.3, 0.4) is 0 Å². The van der Waals surface area contributed by atoms with Crippen molar-refractivity contribution >= 4 is 12.2 Å². The van der Waals surface area contributed by atoms with E-state index < -0.39 is 35.5 Å². The summed E-state index contributed by atoms with van der Waals surface area (Å²) in [5, 5.41) is 0. The molecule has 3 aliphatic rings. The first-order valence-electron chi connectivity index (χ1n) is 7.38. The third-order valence-electron chi connectivity index (χ3n) is 3.85. The molecule has 3 aliphatic heterocycles. The Morgan fingerprint density at radius 1 is 1.26 bits per heavy atom. The zero-order valence-corrected chi connectivity index (χ0v) is 13.5. The van der Waals surface area contributed by atoms with E-state index in [0.717, 1.165) is 0 Å². The molecule has 0 aromatic carbocycles. The van der Waals surface area contributed by atoms with E-state index in [0.29, 0.717) is 6.21 Å². The van der Waals surface area contributed by atoms with Gasteiger partial charge in [-0.2, -0.15) is 4.79 Å². The van der Waals surface area contributed by atoms with Gasteiger partial charge in [-0.05, 0) is 27.7 Å². The average Bonchev–Trinajstić information content (AvgIpc) is 2.89. The van der Waals surface area contributed by atoms with Crippen LogP contribution in [0.5, 0.6) is 0 Å². The maximum absolute atomic E-state index is 11.4. The first-order chi connectivity index (χ1) is 10.7. The normalized spacial score (nSPS) is 39.9. The van der Waals surface area contributed by atoms with Gasteiger partial charge in [0.05, 0.1) is 6.61 Å². The second kappa shape index (κ2) is 5.34. The summed E-state index contributed by atoms with van der Waals surface area (Å²) in [5.74, 6) is -3.81. The Labute approximate surface area is 133 Å². The van der Waals surface area contributed by atoms with E-state index >= 15 is 0 Å². The highest BCUT2D eigenvalue weighted by molar-refractivity contribution is 6.20. The molecule has 23 heavy (non-hydrogen) atoms. The summed E-state index contributed by atoms with van der Waals surface area (Å²) >= 11 is 0. The Kier molecular flexibility index (Phi) is 3.83. The lowest BCUT2D eigenvalue weighted by molar-refractivity contribution is -0.295. The number of ether oxygens (including phenoxy) is 6. The number of fused-ring (bicyclic) bond motifs is 3. The van der Waals surface area contributed by atoms with Gasteiger partial charge in [0.1, 0.15) is 24.9 Å². The van der Waals surface area contributed by atoms with Crippen LogP contribution in [-0.4, -0.2) is 65.9 Å². The smallest absolute Gasteiger partial charge is 0.413 e. The molecule has 0 aromatic heterocycles. The van der Waals surface area contributed by atoms with E-state index in [4.69, 9.17) is 34.0 Å². The number of nitrogens with zero attached hydrogens (tertiary/aromatic N) is 2.